The highest BCUT2D eigenvalue weighted by atomic mass is 16.6. The minimum Gasteiger partial charge on any atom is -0.462 e. The molecular weight excluding hydrogens is 853 g/mol. The molecule has 0 fully saturated rings. The predicted molar refractivity (Wildman–Crippen MR) is 298 cm³/mol. The third kappa shape index (κ3) is 56.4. The first-order valence-electron chi connectivity index (χ1n) is 30.5. The van der Waals surface area contributed by atoms with Gasteiger partial charge in [0.05, 0.1) is 0 Å². The number of carbonyl (C=O) groups excluding carboxylic acids is 3. The maximum Gasteiger partial charge on any atom is 0.306 e. The van der Waals surface area contributed by atoms with Crippen molar-refractivity contribution in [3.8, 4) is 0 Å². The van der Waals surface area contributed by atoms with Crippen molar-refractivity contribution < 1.29 is 28.6 Å². The summed E-state index contributed by atoms with van der Waals surface area (Å²) in [7, 11) is 0. The molecule has 0 rings (SSSR count). The van der Waals surface area contributed by atoms with E-state index in [1.165, 1.54) is 231 Å². The maximum absolute atomic E-state index is 12.9. The Labute approximate surface area is 429 Å². The van der Waals surface area contributed by atoms with E-state index in [0.717, 1.165) is 57.8 Å². The van der Waals surface area contributed by atoms with Gasteiger partial charge in [-0.25, -0.2) is 0 Å². The third-order valence-electron chi connectivity index (χ3n) is 13.6. The van der Waals surface area contributed by atoms with E-state index < -0.39 is 6.10 Å². The lowest BCUT2D eigenvalue weighted by Gasteiger charge is -2.18. The molecule has 0 aromatic rings. The summed E-state index contributed by atoms with van der Waals surface area (Å²) in [6.45, 7) is 6.66. The van der Waals surface area contributed by atoms with E-state index >= 15 is 0 Å². The number of carbonyl (C=O) groups is 3. The molecule has 404 valence electrons. The van der Waals surface area contributed by atoms with E-state index in [1.54, 1.807) is 0 Å². The van der Waals surface area contributed by atoms with Crippen molar-refractivity contribution >= 4 is 17.9 Å². The van der Waals surface area contributed by atoms with Crippen molar-refractivity contribution in [3.05, 3.63) is 36.5 Å². The van der Waals surface area contributed by atoms with Crippen LogP contribution >= 0.6 is 0 Å². The summed E-state index contributed by atoms with van der Waals surface area (Å²) in [6.07, 6.45) is 69.9. The largest absolute Gasteiger partial charge is 0.462 e. The molecule has 0 aliphatic heterocycles. The van der Waals surface area contributed by atoms with E-state index in [4.69, 9.17) is 14.2 Å². The van der Waals surface area contributed by atoms with Crippen molar-refractivity contribution in [3.63, 3.8) is 0 Å². The molecule has 6 nitrogen and oxygen atoms in total. The lowest BCUT2D eigenvalue weighted by molar-refractivity contribution is -0.167. The van der Waals surface area contributed by atoms with Crippen molar-refractivity contribution in [2.24, 2.45) is 0 Å². The molecule has 69 heavy (non-hydrogen) atoms. The van der Waals surface area contributed by atoms with E-state index in [9.17, 15) is 14.4 Å². The van der Waals surface area contributed by atoms with Crippen LogP contribution in [0.1, 0.15) is 329 Å². The highest BCUT2D eigenvalue weighted by molar-refractivity contribution is 5.71. The summed E-state index contributed by atoms with van der Waals surface area (Å²) < 4.78 is 16.9. The van der Waals surface area contributed by atoms with Gasteiger partial charge < -0.3 is 14.2 Å². The Bertz CT molecular complexity index is 1160. The van der Waals surface area contributed by atoms with Crippen LogP contribution in [0.4, 0.5) is 0 Å². The van der Waals surface area contributed by atoms with Crippen molar-refractivity contribution in [2.75, 3.05) is 13.2 Å². The first-order valence-corrected chi connectivity index (χ1v) is 30.5. The number of hydrogen-bond acceptors (Lipinski definition) is 6. The van der Waals surface area contributed by atoms with Gasteiger partial charge >= 0.3 is 17.9 Å². The smallest absolute Gasteiger partial charge is 0.306 e. The normalized spacial score (nSPS) is 12.2. The Hall–Kier alpha value is -2.37. The molecule has 0 heterocycles. The van der Waals surface area contributed by atoms with Crippen molar-refractivity contribution in [1.29, 1.82) is 0 Å². The van der Waals surface area contributed by atoms with Gasteiger partial charge in [-0.3, -0.25) is 14.4 Å². The topological polar surface area (TPSA) is 78.9 Å². The third-order valence-corrected chi connectivity index (χ3v) is 13.6. The molecule has 0 aromatic carbocycles. The molecular formula is C63H116O6. The summed E-state index contributed by atoms with van der Waals surface area (Å²) in [5.74, 6) is -0.866. The Morgan fingerprint density at radius 3 is 0.739 bits per heavy atom. The molecule has 0 bridgehead atoms. The molecule has 0 aliphatic rings. The molecule has 0 radical (unpaired) electrons. The minimum absolute atomic E-state index is 0.0739. The Morgan fingerprint density at radius 1 is 0.275 bits per heavy atom. The fourth-order valence-electron chi connectivity index (χ4n) is 8.96. The van der Waals surface area contributed by atoms with Gasteiger partial charge in [-0.05, 0) is 96.3 Å². The summed E-state index contributed by atoms with van der Waals surface area (Å²) in [6, 6.07) is 0. The molecule has 0 aromatic heterocycles. The minimum atomic E-state index is -0.775. The standard InChI is InChI=1S/C63H116O6/c1-4-7-10-13-16-19-22-25-28-30-31-33-36-39-42-45-48-51-54-57-63(66)69-60(58-67-61(64)55-52-49-46-43-40-37-34-27-24-21-18-15-12-9-6-3)59-68-62(65)56-53-50-47-44-41-38-35-32-29-26-23-20-17-14-11-8-5-2/h21,24-26,28-29,60H,4-20,22-23,27,30-59H2,1-3H3/b24-21-,28-25-,29-26-/t60-/m0/s1. The monoisotopic (exact) mass is 969 g/mol. The molecule has 0 spiro atoms. The molecule has 6 heteroatoms. The quantitative estimate of drug-likeness (QED) is 0.0261. The Morgan fingerprint density at radius 2 is 0.478 bits per heavy atom. The Balaban J connectivity index is 4.35. The number of ether oxygens (including phenoxy) is 3. The fraction of sp³-hybridized carbons (Fsp3) is 0.857. The van der Waals surface area contributed by atoms with Gasteiger partial charge in [-0.1, -0.05) is 250 Å². The average molecular weight is 970 g/mol. The van der Waals surface area contributed by atoms with Crippen molar-refractivity contribution in [1.82, 2.24) is 0 Å². The molecule has 0 aliphatic carbocycles. The van der Waals surface area contributed by atoms with Gasteiger partial charge in [-0.2, -0.15) is 0 Å². The zero-order chi connectivity index (χ0) is 50.0. The van der Waals surface area contributed by atoms with Gasteiger partial charge in [0.15, 0.2) is 6.10 Å². The Kier molecular flexibility index (Phi) is 56.2. The number of rotatable bonds is 56. The molecule has 1 atom stereocenters. The first-order chi connectivity index (χ1) is 34.0. The number of hydrogen-bond donors (Lipinski definition) is 0. The van der Waals surface area contributed by atoms with Crippen LogP contribution < -0.4 is 0 Å². The van der Waals surface area contributed by atoms with Gasteiger partial charge in [0, 0.05) is 19.3 Å². The van der Waals surface area contributed by atoms with Gasteiger partial charge in [0.1, 0.15) is 13.2 Å². The highest BCUT2D eigenvalue weighted by Crippen LogP contribution is 2.16. The highest BCUT2D eigenvalue weighted by Gasteiger charge is 2.19. The molecule has 0 amide bonds. The van der Waals surface area contributed by atoms with E-state index in [-0.39, 0.29) is 31.1 Å². The fourth-order valence-corrected chi connectivity index (χ4v) is 8.96. The molecule has 0 saturated carbocycles. The first kappa shape index (κ1) is 66.6. The molecule has 0 unspecified atom stereocenters. The van der Waals surface area contributed by atoms with Gasteiger partial charge in [-0.15, -0.1) is 0 Å². The number of esters is 3. The van der Waals surface area contributed by atoms with E-state index in [1.807, 2.05) is 0 Å². The zero-order valence-corrected chi connectivity index (χ0v) is 46.3. The van der Waals surface area contributed by atoms with Crippen LogP contribution in [-0.2, 0) is 28.6 Å². The van der Waals surface area contributed by atoms with Crippen LogP contribution in [0.5, 0.6) is 0 Å². The van der Waals surface area contributed by atoms with Crippen LogP contribution in [0.25, 0.3) is 0 Å². The second-order valence-corrected chi connectivity index (χ2v) is 20.6. The average Bonchev–Trinajstić information content (AvgIpc) is 3.35. The maximum atomic E-state index is 12.9. The van der Waals surface area contributed by atoms with Crippen LogP contribution in [-0.4, -0.2) is 37.2 Å². The zero-order valence-electron chi connectivity index (χ0n) is 46.3. The summed E-state index contributed by atoms with van der Waals surface area (Å²) in [4.78, 5) is 38.2. The van der Waals surface area contributed by atoms with E-state index in [2.05, 4.69) is 57.2 Å². The van der Waals surface area contributed by atoms with Gasteiger partial charge in [0.25, 0.3) is 0 Å². The van der Waals surface area contributed by atoms with Crippen LogP contribution in [0.3, 0.4) is 0 Å². The van der Waals surface area contributed by atoms with E-state index in [0.29, 0.717) is 19.3 Å². The van der Waals surface area contributed by atoms with Crippen LogP contribution in [0.2, 0.25) is 0 Å². The van der Waals surface area contributed by atoms with Crippen LogP contribution in [0, 0.1) is 0 Å². The lowest BCUT2D eigenvalue weighted by atomic mass is 10.1. The van der Waals surface area contributed by atoms with Crippen molar-refractivity contribution in [2.45, 2.75) is 335 Å². The van der Waals surface area contributed by atoms with Crippen LogP contribution in [0.15, 0.2) is 36.5 Å². The lowest BCUT2D eigenvalue weighted by Crippen LogP contribution is -2.30. The SMILES string of the molecule is CCCCCC/C=C\CCCCCCCCCC(=O)OC[C@@H](COC(=O)CCCCCCCCC/C=C\CCCCCCCC)OC(=O)CCCCCCCCCCC/C=C\CCCCCCCC. The van der Waals surface area contributed by atoms with Gasteiger partial charge in [0.2, 0.25) is 0 Å². The predicted octanol–water partition coefficient (Wildman–Crippen LogP) is 20.4. The molecule has 0 saturated heterocycles. The second-order valence-electron chi connectivity index (χ2n) is 20.6. The summed E-state index contributed by atoms with van der Waals surface area (Å²) in [5.41, 5.74) is 0. The number of allylic oxidation sites excluding steroid dienone is 6. The summed E-state index contributed by atoms with van der Waals surface area (Å²) >= 11 is 0. The summed E-state index contributed by atoms with van der Waals surface area (Å²) in [5, 5.41) is 0. The number of unbranched alkanes of at least 4 members (excludes halogenated alkanes) is 39. The second kappa shape index (κ2) is 58.2. The molecule has 0 N–H and O–H groups in total.